The lowest BCUT2D eigenvalue weighted by Crippen LogP contribution is -2.34. The molecule has 0 aromatic heterocycles. The molecule has 4 nitrogen and oxygen atoms in total. The number of hydrogen-bond donors (Lipinski definition) is 1. The number of aliphatic hydroxyl groups excluding tert-OH is 1. The molecule has 1 aliphatic heterocycles. The Balaban J connectivity index is 1.85. The molecular formula is C23H27NO3S. The fourth-order valence-corrected chi connectivity index (χ4v) is 4.76. The van der Waals surface area contributed by atoms with Gasteiger partial charge in [0.05, 0.1) is 31.6 Å². The third kappa shape index (κ3) is 3.53. The predicted octanol–water partition coefficient (Wildman–Crippen LogP) is 4.66. The fraction of sp³-hybridized carbons (Fsp3) is 0.435. The third-order valence-corrected chi connectivity index (χ3v) is 6.48. The van der Waals surface area contributed by atoms with E-state index >= 15 is 0 Å². The average molecular weight is 398 g/mol. The Labute approximate surface area is 171 Å². The maximum absolute atomic E-state index is 10.3. The van der Waals surface area contributed by atoms with E-state index in [2.05, 4.69) is 42.7 Å². The van der Waals surface area contributed by atoms with Crippen LogP contribution in [0.25, 0.3) is 0 Å². The zero-order valence-electron chi connectivity index (χ0n) is 16.6. The van der Waals surface area contributed by atoms with Gasteiger partial charge in [-0.05, 0) is 62.3 Å². The Morgan fingerprint density at radius 3 is 2.61 bits per heavy atom. The van der Waals surface area contributed by atoms with Crippen molar-refractivity contribution >= 4 is 17.5 Å². The van der Waals surface area contributed by atoms with Crippen LogP contribution in [0.15, 0.2) is 46.3 Å². The summed E-state index contributed by atoms with van der Waals surface area (Å²) in [6.07, 6.45) is 4.29. The summed E-state index contributed by atoms with van der Waals surface area (Å²) in [6, 6.07) is 13.0. The van der Waals surface area contributed by atoms with E-state index in [0.717, 1.165) is 47.6 Å². The van der Waals surface area contributed by atoms with E-state index < -0.39 is 0 Å². The maximum Gasteiger partial charge on any atom is 0.161 e. The van der Waals surface area contributed by atoms with Gasteiger partial charge in [0.1, 0.15) is 0 Å². The molecular weight excluding hydrogens is 370 g/mol. The summed E-state index contributed by atoms with van der Waals surface area (Å²) in [4.78, 5) is 6.40. The van der Waals surface area contributed by atoms with Crippen molar-refractivity contribution in [3.05, 3.63) is 53.1 Å². The Morgan fingerprint density at radius 2 is 1.93 bits per heavy atom. The van der Waals surface area contributed by atoms with Crippen LogP contribution in [0.3, 0.4) is 0 Å². The highest BCUT2D eigenvalue weighted by atomic mass is 32.2. The van der Waals surface area contributed by atoms with Gasteiger partial charge < -0.3 is 14.6 Å². The van der Waals surface area contributed by atoms with E-state index in [1.165, 1.54) is 10.5 Å². The standard InChI is InChI=1S/C23H27NO3S/c1-4-27-22-12-17-18-11-15(25)7-10-20(18)24-23(19(17)13-21(22)26-2)14-5-8-16(28-3)9-6-14/h5-6,8-9,12-13,15,18,20,25H,4,7,10-11H2,1-3H3/t15-,18-,20-/m1/s1. The van der Waals surface area contributed by atoms with Gasteiger partial charge in [-0.3, -0.25) is 4.99 Å². The van der Waals surface area contributed by atoms with Crippen molar-refractivity contribution in [1.82, 2.24) is 0 Å². The zero-order chi connectivity index (χ0) is 19.7. The van der Waals surface area contributed by atoms with Crippen LogP contribution in [0.5, 0.6) is 11.5 Å². The summed E-state index contributed by atoms with van der Waals surface area (Å²) >= 11 is 1.74. The molecule has 4 rings (SSSR count). The van der Waals surface area contributed by atoms with Crippen molar-refractivity contribution in [3.8, 4) is 11.5 Å². The van der Waals surface area contributed by atoms with Crippen molar-refractivity contribution in [2.75, 3.05) is 20.0 Å². The predicted molar refractivity (Wildman–Crippen MR) is 114 cm³/mol. The highest BCUT2D eigenvalue weighted by Crippen LogP contribution is 2.45. The van der Waals surface area contributed by atoms with Crippen LogP contribution in [0.2, 0.25) is 0 Å². The van der Waals surface area contributed by atoms with Crippen LogP contribution >= 0.6 is 11.8 Å². The van der Waals surface area contributed by atoms with Crippen molar-refractivity contribution < 1.29 is 14.6 Å². The van der Waals surface area contributed by atoms with Crippen molar-refractivity contribution in [1.29, 1.82) is 0 Å². The van der Waals surface area contributed by atoms with Gasteiger partial charge in [0, 0.05) is 21.9 Å². The summed E-state index contributed by atoms with van der Waals surface area (Å²) in [5, 5.41) is 10.3. The van der Waals surface area contributed by atoms with E-state index in [1.54, 1.807) is 18.9 Å². The molecule has 1 heterocycles. The Hall–Kier alpha value is -1.98. The molecule has 1 N–H and O–H groups in total. The summed E-state index contributed by atoms with van der Waals surface area (Å²) in [7, 11) is 1.67. The van der Waals surface area contributed by atoms with Crippen LogP contribution in [0, 0.1) is 0 Å². The second kappa shape index (κ2) is 8.18. The first-order valence-corrected chi connectivity index (χ1v) is 11.1. The summed E-state index contributed by atoms with van der Waals surface area (Å²) in [5.41, 5.74) is 4.44. The number of ether oxygens (including phenoxy) is 2. The SMILES string of the molecule is CCOc1cc2c(cc1OC)C(c1ccc(SC)cc1)=N[C@@H]1CC[C@@H](O)C[C@H]21. The molecule has 0 amide bonds. The number of methoxy groups -OCH3 is 1. The van der Waals surface area contributed by atoms with Crippen LogP contribution in [0.4, 0.5) is 0 Å². The minimum Gasteiger partial charge on any atom is -0.493 e. The van der Waals surface area contributed by atoms with Gasteiger partial charge in [-0.2, -0.15) is 0 Å². The van der Waals surface area contributed by atoms with Crippen molar-refractivity contribution in [2.24, 2.45) is 4.99 Å². The second-order valence-corrected chi connectivity index (χ2v) is 8.25. The summed E-state index contributed by atoms with van der Waals surface area (Å²) < 4.78 is 11.5. The molecule has 2 aliphatic rings. The molecule has 0 unspecified atom stereocenters. The molecule has 0 radical (unpaired) electrons. The van der Waals surface area contributed by atoms with Crippen LogP contribution in [-0.4, -0.2) is 42.9 Å². The number of nitrogens with zero attached hydrogens (tertiary/aromatic N) is 1. The van der Waals surface area contributed by atoms with E-state index in [-0.39, 0.29) is 18.1 Å². The van der Waals surface area contributed by atoms with Gasteiger partial charge in [0.15, 0.2) is 11.5 Å². The first-order valence-electron chi connectivity index (χ1n) is 9.90. The second-order valence-electron chi connectivity index (χ2n) is 7.37. The third-order valence-electron chi connectivity index (χ3n) is 5.73. The van der Waals surface area contributed by atoms with E-state index in [1.807, 2.05) is 6.92 Å². The molecule has 2 aromatic carbocycles. The lowest BCUT2D eigenvalue weighted by atomic mass is 9.74. The van der Waals surface area contributed by atoms with Crippen molar-refractivity contribution in [3.63, 3.8) is 0 Å². The van der Waals surface area contributed by atoms with Gasteiger partial charge in [-0.25, -0.2) is 0 Å². The molecule has 28 heavy (non-hydrogen) atoms. The molecule has 148 valence electrons. The van der Waals surface area contributed by atoms with E-state index in [0.29, 0.717) is 6.61 Å². The normalized spacial score (nSPS) is 23.4. The maximum atomic E-state index is 10.3. The molecule has 1 fully saturated rings. The topological polar surface area (TPSA) is 51.0 Å². The van der Waals surface area contributed by atoms with Gasteiger partial charge in [-0.1, -0.05) is 12.1 Å². The molecule has 0 bridgehead atoms. The van der Waals surface area contributed by atoms with Gasteiger partial charge >= 0.3 is 0 Å². The Morgan fingerprint density at radius 1 is 1.14 bits per heavy atom. The quantitative estimate of drug-likeness (QED) is 0.746. The minimum absolute atomic E-state index is 0.203. The van der Waals surface area contributed by atoms with Gasteiger partial charge in [0.2, 0.25) is 0 Å². The lowest BCUT2D eigenvalue weighted by Gasteiger charge is -2.37. The molecule has 0 spiro atoms. The number of fused-ring (bicyclic) bond motifs is 3. The lowest BCUT2D eigenvalue weighted by molar-refractivity contribution is 0.111. The fourth-order valence-electron chi connectivity index (χ4n) is 4.35. The largest absolute Gasteiger partial charge is 0.493 e. The monoisotopic (exact) mass is 397 g/mol. The number of aliphatic imine (C=N–C) groups is 1. The van der Waals surface area contributed by atoms with E-state index in [9.17, 15) is 5.11 Å². The average Bonchev–Trinajstić information content (AvgIpc) is 2.73. The summed E-state index contributed by atoms with van der Waals surface area (Å²) in [5.74, 6) is 1.71. The zero-order valence-corrected chi connectivity index (χ0v) is 17.5. The van der Waals surface area contributed by atoms with Crippen molar-refractivity contribution in [2.45, 2.75) is 49.1 Å². The number of thioether (sulfide) groups is 1. The highest BCUT2D eigenvalue weighted by Gasteiger charge is 2.37. The van der Waals surface area contributed by atoms with Gasteiger partial charge in [-0.15, -0.1) is 11.8 Å². The first kappa shape index (κ1) is 19.3. The molecule has 5 heteroatoms. The van der Waals surface area contributed by atoms with Gasteiger partial charge in [0.25, 0.3) is 0 Å². The molecule has 0 saturated heterocycles. The first-order chi connectivity index (χ1) is 13.6. The highest BCUT2D eigenvalue weighted by molar-refractivity contribution is 7.98. The Bertz CT molecular complexity index is 878. The van der Waals surface area contributed by atoms with Crippen LogP contribution < -0.4 is 9.47 Å². The number of rotatable bonds is 5. The molecule has 1 aliphatic carbocycles. The number of benzene rings is 2. The minimum atomic E-state index is -0.260. The smallest absolute Gasteiger partial charge is 0.161 e. The summed E-state index contributed by atoms with van der Waals surface area (Å²) in [6.45, 7) is 2.56. The van der Waals surface area contributed by atoms with E-state index in [4.69, 9.17) is 14.5 Å². The number of hydrogen-bond acceptors (Lipinski definition) is 5. The number of aliphatic hydroxyl groups is 1. The molecule has 2 aromatic rings. The van der Waals surface area contributed by atoms with Crippen LogP contribution in [-0.2, 0) is 0 Å². The molecule has 3 atom stereocenters. The van der Waals surface area contributed by atoms with Crippen LogP contribution in [0.1, 0.15) is 48.8 Å². The Kier molecular flexibility index (Phi) is 5.65. The molecule has 1 saturated carbocycles.